The van der Waals surface area contributed by atoms with Crippen molar-refractivity contribution in [3.8, 4) is 0 Å². The van der Waals surface area contributed by atoms with Crippen molar-refractivity contribution < 1.29 is 14.7 Å². The van der Waals surface area contributed by atoms with E-state index in [1.807, 2.05) is 20.8 Å². The van der Waals surface area contributed by atoms with Gasteiger partial charge in [0, 0.05) is 16.2 Å². The van der Waals surface area contributed by atoms with E-state index in [1.165, 1.54) is 12.1 Å². The van der Waals surface area contributed by atoms with Crippen LogP contribution in [0.25, 0.3) is 0 Å². The molecule has 1 unspecified atom stereocenters. The fraction of sp³-hybridized carbons (Fsp3) is 0.385. The molecule has 104 valence electrons. The third kappa shape index (κ3) is 4.90. The fourth-order valence-corrected chi connectivity index (χ4v) is 1.82. The Morgan fingerprint density at radius 3 is 2.37 bits per heavy atom. The summed E-state index contributed by atoms with van der Waals surface area (Å²) in [6.45, 7) is 5.92. The van der Waals surface area contributed by atoms with Crippen LogP contribution in [0.2, 0.25) is 0 Å². The van der Waals surface area contributed by atoms with Crippen LogP contribution in [0.4, 0.5) is 10.5 Å². The molecule has 2 amide bonds. The van der Waals surface area contributed by atoms with Crippen LogP contribution in [0.15, 0.2) is 22.7 Å². The van der Waals surface area contributed by atoms with Crippen molar-refractivity contribution >= 4 is 33.6 Å². The van der Waals surface area contributed by atoms with Crippen LogP contribution < -0.4 is 10.6 Å². The quantitative estimate of drug-likeness (QED) is 0.793. The van der Waals surface area contributed by atoms with Crippen molar-refractivity contribution in [2.24, 2.45) is 5.92 Å². The summed E-state index contributed by atoms with van der Waals surface area (Å²) in [5.41, 5.74) is 0.543. The molecule has 0 saturated heterocycles. The van der Waals surface area contributed by atoms with E-state index in [4.69, 9.17) is 5.11 Å². The molecule has 0 bridgehead atoms. The molecule has 19 heavy (non-hydrogen) atoms. The number of hydrogen-bond donors (Lipinski definition) is 3. The van der Waals surface area contributed by atoms with Crippen molar-refractivity contribution in [1.29, 1.82) is 0 Å². The molecule has 1 aromatic rings. The first-order valence-corrected chi connectivity index (χ1v) is 6.70. The number of rotatable bonds is 4. The van der Waals surface area contributed by atoms with Crippen LogP contribution in [0, 0.1) is 5.92 Å². The number of hydrogen-bond acceptors (Lipinski definition) is 2. The molecule has 0 radical (unpaired) electrons. The van der Waals surface area contributed by atoms with Gasteiger partial charge in [-0.2, -0.15) is 0 Å². The van der Waals surface area contributed by atoms with Gasteiger partial charge in [-0.05, 0) is 31.0 Å². The summed E-state index contributed by atoms with van der Waals surface area (Å²) >= 11 is 3.21. The maximum atomic E-state index is 11.7. The van der Waals surface area contributed by atoms with Crippen LogP contribution >= 0.6 is 15.9 Å². The monoisotopic (exact) mass is 328 g/mol. The van der Waals surface area contributed by atoms with Crippen molar-refractivity contribution in [1.82, 2.24) is 5.32 Å². The van der Waals surface area contributed by atoms with Gasteiger partial charge in [-0.1, -0.05) is 29.8 Å². The maximum absolute atomic E-state index is 11.7. The second-order valence-electron chi connectivity index (χ2n) is 4.66. The lowest BCUT2D eigenvalue weighted by atomic mass is 10.1. The van der Waals surface area contributed by atoms with Gasteiger partial charge >= 0.3 is 12.0 Å². The van der Waals surface area contributed by atoms with Gasteiger partial charge in [-0.25, -0.2) is 9.59 Å². The van der Waals surface area contributed by atoms with E-state index in [-0.39, 0.29) is 17.6 Å². The molecule has 0 aliphatic heterocycles. The summed E-state index contributed by atoms with van der Waals surface area (Å²) in [7, 11) is 0. The number of carbonyl (C=O) groups excluding carboxylic acids is 1. The Morgan fingerprint density at radius 1 is 1.21 bits per heavy atom. The minimum absolute atomic E-state index is 0.0334. The molecular weight excluding hydrogens is 312 g/mol. The molecule has 1 rings (SSSR count). The van der Waals surface area contributed by atoms with E-state index in [0.717, 1.165) is 0 Å². The van der Waals surface area contributed by atoms with Crippen LogP contribution in [-0.4, -0.2) is 23.1 Å². The summed E-state index contributed by atoms with van der Waals surface area (Å²) in [5.74, 6) is -0.719. The van der Waals surface area contributed by atoms with Crippen molar-refractivity contribution in [3.63, 3.8) is 0 Å². The van der Waals surface area contributed by atoms with E-state index in [0.29, 0.717) is 16.1 Å². The van der Waals surface area contributed by atoms with Gasteiger partial charge in [0.15, 0.2) is 0 Å². The standard InChI is InChI=1S/C13H17BrN2O3/c1-7(2)8(3)15-13(19)16-11-5-9(12(17)18)4-10(14)6-11/h4-8H,1-3H3,(H,17,18)(H2,15,16,19). The Labute approximate surface area is 120 Å². The number of anilines is 1. The summed E-state index contributed by atoms with van der Waals surface area (Å²) in [6.07, 6.45) is 0. The number of halogens is 1. The zero-order chi connectivity index (χ0) is 14.6. The van der Waals surface area contributed by atoms with Gasteiger partial charge < -0.3 is 15.7 Å². The smallest absolute Gasteiger partial charge is 0.335 e. The molecule has 0 aliphatic carbocycles. The summed E-state index contributed by atoms with van der Waals surface area (Å²) in [4.78, 5) is 22.6. The number of carboxylic acid groups (broad SMARTS) is 1. The summed E-state index contributed by atoms with van der Waals surface area (Å²) in [5, 5.41) is 14.3. The lowest BCUT2D eigenvalue weighted by Gasteiger charge is -2.18. The number of carbonyl (C=O) groups is 2. The van der Waals surface area contributed by atoms with Gasteiger partial charge in [0.1, 0.15) is 0 Å². The fourth-order valence-electron chi connectivity index (χ4n) is 1.33. The van der Waals surface area contributed by atoms with Gasteiger partial charge in [-0.15, -0.1) is 0 Å². The van der Waals surface area contributed by atoms with Gasteiger partial charge in [-0.3, -0.25) is 0 Å². The molecule has 0 fully saturated rings. The van der Waals surface area contributed by atoms with Crippen LogP contribution in [0.3, 0.4) is 0 Å². The number of benzene rings is 1. The van der Waals surface area contributed by atoms with Crippen molar-refractivity contribution in [3.05, 3.63) is 28.2 Å². The zero-order valence-corrected chi connectivity index (χ0v) is 12.6. The highest BCUT2D eigenvalue weighted by atomic mass is 79.9. The van der Waals surface area contributed by atoms with Crippen LogP contribution in [0.1, 0.15) is 31.1 Å². The molecule has 0 heterocycles. The van der Waals surface area contributed by atoms with E-state index in [9.17, 15) is 9.59 Å². The van der Waals surface area contributed by atoms with E-state index >= 15 is 0 Å². The van der Waals surface area contributed by atoms with E-state index in [1.54, 1.807) is 6.07 Å². The maximum Gasteiger partial charge on any atom is 0.335 e. The summed E-state index contributed by atoms with van der Waals surface area (Å²) < 4.78 is 0.597. The van der Waals surface area contributed by atoms with Crippen LogP contribution in [-0.2, 0) is 0 Å². The van der Waals surface area contributed by atoms with E-state index in [2.05, 4.69) is 26.6 Å². The average molecular weight is 329 g/mol. The highest BCUT2D eigenvalue weighted by Gasteiger charge is 2.12. The minimum Gasteiger partial charge on any atom is -0.478 e. The third-order valence-electron chi connectivity index (χ3n) is 2.76. The molecule has 3 N–H and O–H groups in total. The predicted molar refractivity (Wildman–Crippen MR) is 77.6 cm³/mol. The lowest BCUT2D eigenvalue weighted by molar-refractivity contribution is 0.0697. The van der Waals surface area contributed by atoms with E-state index < -0.39 is 5.97 Å². The second kappa shape index (κ2) is 6.56. The topological polar surface area (TPSA) is 78.4 Å². The molecule has 1 aromatic carbocycles. The van der Waals surface area contributed by atoms with Gasteiger partial charge in [0.05, 0.1) is 5.56 Å². The first kappa shape index (κ1) is 15.5. The average Bonchev–Trinajstić information content (AvgIpc) is 2.27. The first-order valence-electron chi connectivity index (χ1n) is 5.91. The molecular formula is C13H17BrN2O3. The largest absolute Gasteiger partial charge is 0.478 e. The first-order chi connectivity index (χ1) is 8.79. The Hall–Kier alpha value is -1.56. The molecule has 5 nitrogen and oxygen atoms in total. The Bertz CT molecular complexity index is 489. The predicted octanol–water partition coefficient (Wildman–Crippen LogP) is 3.31. The van der Waals surface area contributed by atoms with Crippen molar-refractivity contribution in [2.75, 3.05) is 5.32 Å². The Balaban J connectivity index is 2.77. The molecule has 6 heteroatoms. The Morgan fingerprint density at radius 2 is 1.84 bits per heavy atom. The number of nitrogens with one attached hydrogen (secondary N) is 2. The number of urea groups is 1. The zero-order valence-electron chi connectivity index (χ0n) is 11.0. The SMILES string of the molecule is CC(C)C(C)NC(=O)Nc1cc(Br)cc(C(=O)O)c1. The second-order valence-corrected chi connectivity index (χ2v) is 5.58. The highest BCUT2D eigenvalue weighted by Crippen LogP contribution is 2.19. The van der Waals surface area contributed by atoms with Gasteiger partial charge in [0.25, 0.3) is 0 Å². The van der Waals surface area contributed by atoms with Gasteiger partial charge in [0.2, 0.25) is 0 Å². The highest BCUT2D eigenvalue weighted by molar-refractivity contribution is 9.10. The third-order valence-corrected chi connectivity index (χ3v) is 3.22. The Kier molecular flexibility index (Phi) is 5.35. The molecule has 0 spiro atoms. The lowest BCUT2D eigenvalue weighted by Crippen LogP contribution is -2.39. The minimum atomic E-state index is -1.04. The molecule has 0 saturated carbocycles. The molecule has 0 aliphatic rings. The number of aromatic carboxylic acids is 1. The molecule has 1 atom stereocenters. The normalized spacial score (nSPS) is 12.1. The van der Waals surface area contributed by atoms with Crippen LogP contribution in [0.5, 0.6) is 0 Å². The number of carboxylic acids is 1. The summed E-state index contributed by atoms with van der Waals surface area (Å²) in [6, 6.07) is 4.21. The number of amides is 2. The molecule has 0 aromatic heterocycles. The van der Waals surface area contributed by atoms with Crippen molar-refractivity contribution in [2.45, 2.75) is 26.8 Å².